The van der Waals surface area contributed by atoms with E-state index in [9.17, 15) is 5.11 Å². The third kappa shape index (κ3) is 2.50. The molecule has 0 bridgehead atoms. The number of aliphatic hydroxyl groups is 1. The molecule has 2 aliphatic rings. The summed E-state index contributed by atoms with van der Waals surface area (Å²) in [5.74, 6) is 0. The summed E-state index contributed by atoms with van der Waals surface area (Å²) in [5, 5.41) is 13.1. The molecule has 88 valence electrons. The third-order valence-corrected chi connectivity index (χ3v) is 3.85. The number of piperidine rings is 1. The lowest BCUT2D eigenvalue weighted by Gasteiger charge is -2.38. The zero-order valence-corrected chi connectivity index (χ0v) is 9.82. The van der Waals surface area contributed by atoms with Crippen LogP contribution in [0.3, 0.4) is 0 Å². The summed E-state index contributed by atoms with van der Waals surface area (Å²) in [6.07, 6.45) is 2.30. The first-order valence-electron chi connectivity index (χ1n) is 5.97. The summed E-state index contributed by atoms with van der Waals surface area (Å²) < 4.78 is 0. The van der Waals surface area contributed by atoms with Gasteiger partial charge in [0.25, 0.3) is 0 Å². The van der Waals surface area contributed by atoms with E-state index < -0.39 is 0 Å². The Morgan fingerprint density at radius 1 is 1.20 bits per heavy atom. The summed E-state index contributed by atoms with van der Waals surface area (Å²) in [7, 11) is 4.32. The second-order valence-electron chi connectivity index (χ2n) is 5.02. The molecule has 0 aromatic heterocycles. The van der Waals surface area contributed by atoms with Gasteiger partial charge in [-0.15, -0.1) is 0 Å². The fraction of sp³-hybridized carbons (Fsp3) is 1.00. The quantitative estimate of drug-likeness (QED) is 0.639. The van der Waals surface area contributed by atoms with Crippen molar-refractivity contribution in [3.8, 4) is 0 Å². The van der Waals surface area contributed by atoms with Crippen LogP contribution in [0.25, 0.3) is 0 Å². The molecule has 0 saturated carbocycles. The molecular formula is C11H23N3O. The molecule has 0 amide bonds. The topological polar surface area (TPSA) is 38.7 Å². The SMILES string of the molecule is CN(C)C1CCN(C2CNCC2O)CC1. The van der Waals surface area contributed by atoms with Gasteiger partial charge < -0.3 is 15.3 Å². The predicted octanol–water partition coefficient (Wildman–Crippen LogP) is -0.655. The molecule has 0 aliphatic carbocycles. The lowest BCUT2D eigenvalue weighted by atomic mass is 10.0. The van der Waals surface area contributed by atoms with Gasteiger partial charge in [-0.2, -0.15) is 0 Å². The Labute approximate surface area is 92.2 Å². The number of hydrogen-bond donors (Lipinski definition) is 2. The highest BCUT2D eigenvalue weighted by molar-refractivity contribution is 4.91. The lowest BCUT2D eigenvalue weighted by Crippen LogP contribution is -2.50. The van der Waals surface area contributed by atoms with Crippen LogP contribution in [0.1, 0.15) is 12.8 Å². The molecule has 0 spiro atoms. The van der Waals surface area contributed by atoms with Crippen LogP contribution in [0.4, 0.5) is 0 Å². The van der Waals surface area contributed by atoms with E-state index in [1.165, 1.54) is 12.8 Å². The molecule has 15 heavy (non-hydrogen) atoms. The number of aliphatic hydroxyl groups excluding tert-OH is 1. The maximum absolute atomic E-state index is 9.80. The number of nitrogens with zero attached hydrogens (tertiary/aromatic N) is 2. The second kappa shape index (κ2) is 4.78. The molecule has 4 nitrogen and oxygen atoms in total. The minimum absolute atomic E-state index is 0.166. The molecule has 2 fully saturated rings. The number of likely N-dealkylation sites (tertiary alicyclic amines) is 1. The van der Waals surface area contributed by atoms with Gasteiger partial charge in [-0.05, 0) is 26.9 Å². The van der Waals surface area contributed by atoms with Gasteiger partial charge in [0, 0.05) is 38.3 Å². The van der Waals surface area contributed by atoms with Crippen LogP contribution in [-0.4, -0.2) is 73.4 Å². The van der Waals surface area contributed by atoms with Gasteiger partial charge in [-0.3, -0.25) is 4.90 Å². The smallest absolute Gasteiger partial charge is 0.0831 e. The average Bonchev–Trinajstić information content (AvgIpc) is 2.65. The number of hydrogen-bond acceptors (Lipinski definition) is 4. The molecule has 2 heterocycles. The van der Waals surface area contributed by atoms with Crippen molar-refractivity contribution in [3.63, 3.8) is 0 Å². The standard InChI is InChI=1S/C11H23N3O/c1-13(2)9-3-5-14(6-4-9)10-7-12-8-11(10)15/h9-12,15H,3-8H2,1-2H3. The van der Waals surface area contributed by atoms with Crippen molar-refractivity contribution in [3.05, 3.63) is 0 Å². The Kier molecular flexibility index (Phi) is 3.61. The molecular weight excluding hydrogens is 190 g/mol. The molecule has 0 radical (unpaired) electrons. The minimum atomic E-state index is -0.166. The van der Waals surface area contributed by atoms with E-state index in [-0.39, 0.29) is 6.10 Å². The van der Waals surface area contributed by atoms with Crippen LogP contribution in [0.2, 0.25) is 0 Å². The van der Waals surface area contributed by atoms with Gasteiger partial charge >= 0.3 is 0 Å². The first kappa shape index (κ1) is 11.3. The van der Waals surface area contributed by atoms with Gasteiger partial charge in [-0.1, -0.05) is 0 Å². The molecule has 4 heteroatoms. The Morgan fingerprint density at radius 2 is 1.87 bits per heavy atom. The number of β-amino-alcohol motifs (C(OH)–C–C–N with tert-alkyl or cyclic N) is 1. The Hall–Kier alpha value is -0.160. The molecule has 2 atom stereocenters. The maximum atomic E-state index is 9.80. The van der Waals surface area contributed by atoms with Crippen LogP contribution in [-0.2, 0) is 0 Å². The Morgan fingerprint density at radius 3 is 2.33 bits per heavy atom. The second-order valence-corrected chi connectivity index (χ2v) is 5.02. The Bertz CT molecular complexity index is 202. The molecule has 2 unspecified atom stereocenters. The average molecular weight is 213 g/mol. The van der Waals surface area contributed by atoms with Crippen LogP contribution in [0, 0.1) is 0 Å². The fourth-order valence-corrected chi connectivity index (χ4v) is 2.76. The molecule has 2 N–H and O–H groups in total. The van der Waals surface area contributed by atoms with Crippen molar-refractivity contribution >= 4 is 0 Å². The molecule has 2 rings (SSSR count). The van der Waals surface area contributed by atoms with Crippen molar-refractivity contribution < 1.29 is 5.11 Å². The largest absolute Gasteiger partial charge is 0.390 e. The summed E-state index contributed by atoms with van der Waals surface area (Å²) in [6.45, 7) is 3.98. The summed E-state index contributed by atoms with van der Waals surface area (Å²) in [6, 6.07) is 1.08. The van der Waals surface area contributed by atoms with Crippen LogP contribution < -0.4 is 5.32 Å². The van der Waals surface area contributed by atoms with Gasteiger partial charge in [0.15, 0.2) is 0 Å². The van der Waals surface area contributed by atoms with Gasteiger partial charge in [-0.25, -0.2) is 0 Å². The maximum Gasteiger partial charge on any atom is 0.0831 e. The molecule has 0 aromatic rings. The van der Waals surface area contributed by atoms with Crippen LogP contribution in [0.15, 0.2) is 0 Å². The molecule has 2 saturated heterocycles. The van der Waals surface area contributed by atoms with Crippen molar-refractivity contribution in [1.82, 2.24) is 15.1 Å². The fourth-order valence-electron chi connectivity index (χ4n) is 2.76. The first-order chi connectivity index (χ1) is 7.18. The van der Waals surface area contributed by atoms with Gasteiger partial charge in [0.2, 0.25) is 0 Å². The van der Waals surface area contributed by atoms with E-state index >= 15 is 0 Å². The highest BCUT2D eigenvalue weighted by Crippen LogP contribution is 2.19. The lowest BCUT2D eigenvalue weighted by molar-refractivity contribution is 0.0513. The normalized spacial score (nSPS) is 35.2. The van der Waals surface area contributed by atoms with Crippen LogP contribution >= 0.6 is 0 Å². The highest BCUT2D eigenvalue weighted by atomic mass is 16.3. The monoisotopic (exact) mass is 213 g/mol. The van der Waals surface area contributed by atoms with E-state index in [4.69, 9.17) is 0 Å². The highest BCUT2D eigenvalue weighted by Gasteiger charge is 2.33. The number of rotatable bonds is 2. The van der Waals surface area contributed by atoms with Crippen molar-refractivity contribution in [2.24, 2.45) is 0 Å². The van der Waals surface area contributed by atoms with Crippen LogP contribution in [0.5, 0.6) is 0 Å². The molecule has 0 aromatic carbocycles. The van der Waals surface area contributed by atoms with E-state index in [1.807, 2.05) is 0 Å². The van der Waals surface area contributed by atoms with E-state index in [2.05, 4.69) is 29.2 Å². The van der Waals surface area contributed by atoms with E-state index in [0.29, 0.717) is 6.04 Å². The Balaban J connectivity index is 1.82. The summed E-state index contributed by atoms with van der Waals surface area (Å²) in [4.78, 5) is 4.77. The van der Waals surface area contributed by atoms with Crippen molar-refractivity contribution in [2.75, 3.05) is 40.3 Å². The van der Waals surface area contributed by atoms with Crippen molar-refractivity contribution in [1.29, 1.82) is 0 Å². The van der Waals surface area contributed by atoms with E-state index in [0.717, 1.165) is 32.2 Å². The third-order valence-electron chi connectivity index (χ3n) is 3.85. The zero-order chi connectivity index (χ0) is 10.8. The van der Waals surface area contributed by atoms with Crippen molar-refractivity contribution in [2.45, 2.75) is 31.0 Å². The van der Waals surface area contributed by atoms with Gasteiger partial charge in [0.05, 0.1) is 6.10 Å². The summed E-state index contributed by atoms with van der Waals surface area (Å²) in [5.41, 5.74) is 0. The predicted molar refractivity (Wildman–Crippen MR) is 60.9 cm³/mol. The number of nitrogens with one attached hydrogen (secondary N) is 1. The van der Waals surface area contributed by atoms with Gasteiger partial charge in [0.1, 0.15) is 0 Å². The zero-order valence-electron chi connectivity index (χ0n) is 9.82. The molecule has 2 aliphatic heterocycles. The summed E-state index contributed by atoms with van der Waals surface area (Å²) >= 11 is 0. The first-order valence-corrected chi connectivity index (χ1v) is 5.97. The van der Waals surface area contributed by atoms with E-state index in [1.54, 1.807) is 0 Å². The minimum Gasteiger partial charge on any atom is -0.390 e.